The third-order valence-corrected chi connectivity index (χ3v) is 3.14. The Labute approximate surface area is 80.5 Å². The predicted octanol–water partition coefficient (Wildman–Crippen LogP) is 3.87. The van der Waals surface area contributed by atoms with E-state index in [1.54, 1.807) is 0 Å². The fourth-order valence-electron chi connectivity index (χ4n) is 0.896. The van der Waals surface area contributed by atoms with Crippen molar-refractivity contribution in [1.82, 2.24) is 0 Å². The predicted molar refractivity (Wildman–Crippen MR) is 56.1 cm³/mol. The molecule has 1 aromatic carbocycles. The molecule has 0 aromatic heterocycles. The molecule has 0 aliphatic rings. The SMILES string of the molecule is CSC(C)c1cccc(Br)c1. The molecule has 0 nitrogen and oxygen atoms in total. The van der Waals surface area contributed by atoms with Gasteiger partial charge in [-0.3, -0.25) is 0 Å². The third kappa shape index (κ3) is 2.53. The van der Waals surface area contributed by atoms with Crippen molar-refractivity contribution in [2.75, 3.05) is 6.26 Å². The minimum Gasteiger partial charge on any atom is -0.157 e. The van der Waals surface area contributed by atoms with E-state index in [0.717, 1.165) is 4.47 Å². The molecule has 0 aliphatic carbocycles. The highest BCUT2D eigenvalue weighted by Crippen LogP contribution is 2.27. The molecular weight excluding hydrogens is 220 g/mol. The van der Waals surface area contributed by atoms with Crippen molar-refractivity contribution >= 4 is 27.7 Å². The summed E-state index contributed by atoms with van der Waals surface area (Å²) in [5.41, 5.74) is 1.38. The Bertz CT molecular complexity index is 235. The minimum atomic E-state index is 0.590. The maximum atomic E-state index is 3.45. The van der Waals surface area contributed by atoms with Gasteiger partial charge in [-0.1, -0.05) is 28.1 Å². The summed E-state index contributed by atoms with van der Waals surface area (Å²) >= 11 is 5.32. The van der Waals surface area contributed by atoms with E-state index in [1.165, 1.54) is 5.56 Å². The smallest absolute Gasteiger partial charge is 0.0266 e. The third-order valence-electron chi connectivity index (χ3n) is 1.67. The van der Waals surface area contributed by atoms with Crippen molar-refractivity contribution in [3.8, 4) is 0 Å². The van der Waals surface area contributed by atoms with Crippen LogP contribution in [0.3, 0.4) is 0 Å². The molecule has 0 bridgehead atoms. The molecule has 2 heteroatoms. The highest BCUT2D eigenvalue weighted by atomic mass is 79.9. The number of thioether (sulfide) groups is 1. The van der Waals surface area contributed by atoms with Crippen LogP contribution in [0.15, 0.2) is 28.7 Å². The molecule has 0 fully saturated rings. The van der Waals surface area contributed by atoms with Crippen LogP contribution < -0.4 is 0 Å². The summed E-state index contributed by atoms with van der Waals surface area (Å²) in [7, 11) is 0. The molecule has 11 heavy (non-hydrogen) atoms. The fraction of sp³-hybridized carbons (Fsp3) is 0.333. The van der Waals surface area contributed by atoms with Crippen LogP contribution in [-0.2, 0) is 0 Å². The standard InChI is InChI=1S/C9H11BrS/c1-7(11-2)8-4-3-5-9(10)6-8/h3-7H,1-2H3. The lowest BCUT2D eigenvalue weighted by molar-refractivity contribution is 1.10. The summed E-state index contributed by atoms with van der Waals surface area (Å²) in [6.45, 7) is 2.21. The molecule has 1 unspecified atom stereocenters. The number of hydrogen-bond acceptors (Lipinski definition) is 1. The van der Waals surface area contributed by atoms with Crippen molar-refractivity contribution in [1.29, 1.82) is 0 Å². The minimum absolute atomic E-state index is 0.590. The van der Waals surface area contributed by atoms with Gasteiger partial charge in [-0.2, -0.15) is 11.8 Å². The zero-order valence-electron chi connectivity index (χ0n) is 6.67. The molecule has 0 N–H and O–H groups in total. The van der Waals surface area contributed by atoms with E-state index in [4.69, 9.17) is 0 Å². The fourth-order valence-corrected chi connectivity index (χ4v) is 1.73. The molecular formula is C9H11BrS. The summed E-state index contributed by atoms with van der Waals surface area (Å²) in [5.74, 6) is 0. The molecule has 0 heterocycles. The van der Waals surface area contributed by atoms with Crippen molar-refractivity contribution < 1.29 is 0 Å². The van der Waals surface area contributed by atoms with Crippen LogP contribution in [0.4, 0.5) is 0 Å². The molecule has 1 atom stereocenters. The normalized spacial score (nSPS) is 13.0. The van der Waals surface area contributed by atoms with Crippen molar-refractivity contribution in [3.63, 3.8) is 0 Å². The van der Waals surface area contributed by atoms with Crippen LogP contribution in [0.2, 0.25) is 0 Å². The molecule has 0 spiro atoms. The van der Waals surface area contributed by atoms with Gasteiger partial charge in [-0.15, -0.1) is 0 Å². The first-order chi connectivity index (χ1) is 5.24. The average Bonchev–Trinajstić information content (AvgIpc) is 2.03. The van der Waals surface area contributed by atoms with Gasteiger partial charge in [0.25, 0.3) is 0 Å². The molecule has 1 rings (SSSR count). The Morgan fingerprint density at radius 2 is 2.18 bits per heavy atom. The van der Waals surface area contributed by atoms with Crippen molar-refractivity contribution in [2.45, 2.75) is 12.2 Å². The number of rotatable bonds is 2. The van der Waals surface area contributed by atoms with Gasteiger partial charge in [-0.25, -0.2) is 0 Å². The molecule has 1 aromatic rings. The monoisotopic (exact) mass is 230 g/mol. The Morgan fingerprint density at radius 1 is 1.45 bits per heavy atom. The second-order valence-corrected chi connectivity index (χ2v) is 4.53. The number of benzene rings is 1. The van der Waals surface area contributed by atoms with E-state index in [-0.39, 0.29) is 0 Å². The van der Waals surface area contributed by atoms with E-state index < -0.39 is 0 Å². The summed E-state index contributed by atoms with van der Waals surface area (Å²) in [4.78, 5) is 0. The summed E-state index contributed by atoms with van der Waals surface area (Å²) < 4.78 is 1.16. The Kier molecular flexibility index (Phi) is 3.46. The maximum Gasteiger partial charge on any atom is 0.0266 e. The van der Waals surface area contributed by atoms with Crippen LogP contribution in [-0.4, -0.2) is 6.26 Å². The van der Waals surface area contributed by atoms with E-state index in [2.05, 4.69) is 53.4 Å². The van der Waals surface area contributed by atoms with E-state index in [9.17, 15) is 0 Å². The quantitative estimate of drug-likeness (QED) is 0.744. The highest BCUT2D eigenvalue weighted by Gasteiger charge is 2.01. The highest BCUT2D eigenvalue weighted by molar-refractivity contribution is 9.10. The zero-order chi connectivity index (χ0) is 8.27. The summed E-state index contributed by atoms with van der Waals surface area (Å²) in [6.07, 6.45) is 2.13. The van der Waals surface area contributed by atoms with Gasteiger partial charge in [0.15, 0.2) is 0 Å². The van der Waals surface area contributed by atoms with Gasteiger partial charge in [0, 0.05) is 9.72 Å². The number of halogens is 1. The lowest BCUT2D eigenvalue weighted by Crippen LogP contribution is -1.85. The lowest BCUT2D eigenvalue weighted by atomic mass is 10.2. The van der Waals surface area contributed by atoms with Crippen LogP contribution >= 0.6 is 27.7 Å². The van der Waals surface area contributed by atoms with Gasteiger partial charge in [0.1, 0.15) is 0 Å². The first-order valence-corrected chi connectivity index (χ1v) is 5.60. The molecule has 60 valence electrons. The maximum absolute atomic E-state index is 3.45. The van der Waals surface area contributed by atoms with Crippen molar-refractivity contribution in [3.05, 3.63) is 34.3 Å². The van der Waals surface area contributed by atoms with Gasteiger partial charge in [0.05, 0.1) is 0 Å². The molecule has 0 saturated carbocycles. The Morgan fingerprint density at radius 3 is 2.73 bits per heavy atom. The van der Waals surface area contributed by atoms with Gasteiger partial charge in [-0.05, 0) is 30.9 Å². The van der Waals surface area contributed by atoms with Crippen LogP contribution in [0.5, 0.6) is 0 Å². The van der Waals surface area contributed by atoms with Gasteiger partial charge >= 0.3 is 0 Å². The molecule has 0 radical (unpaired) electrons. The Hall–Kier alpha value is 0.0500. The molecule has 0 saturated heterocycles. The largest absolute Gasteiger partial charge is 0.157 e. The second-order valence-electron chi connectivity index (χ2n) is 2.43. The first-order valence-electron chi connectivity index (χ1n) is 3.52. The molecule has 0 amide bonds. The number of hydrogen-bond donors (Lipinski definition) is 0. The van der Waals surface area contributed by atoms with Crippen LogP contribution in [0.25, 0.3) is 0 Å². The molecule has 0 aliphatic heterocycles. The van der Waals surface area contributed by atoms with Gasteiger partial charge in [0.2, 0.25) is 0 Å². The van der Waals surface area contributed by atoms with Crippen LogP contribution in [0.1, 0.15) is 17.7 Å². The second kappa shape index (κ2) is 4.17. The zero-order valence-corrected chi connectivity index (χ0v) is 9.08. The van der Waals surface area contributed by atoms with Crippen LogP contribution in [0, 0.1) is 0 Å². The Balaban J connectivity index is 2.86. The summed E-state index contributed by atoms with van der Waals surface area (Å²) in [6, 6.07) is 8.45. The van der Waals surface area contributed by atoms with E-state index in [0.29, 0.717) is 5.25 Å². The first kappa shape index (κ1) is 9.14. The van der Waals surface area contributed by atoms with Crippen molar-refractivity contribution in [2.24, 2.45) is 0 Å². The topological polar surface area (TPSA) is 0 Å². The van der Waals surface area contributed by atoms with E-state index >= 15 is 0 Å². The average molecular weight is 231 g/mol. The van der Waals surface area contributed by atoms with E-state index in [1.807, 2.05) is 11.8 Å². The lowest BCUT2D eigenvalue weighted by Gasteiger charge is -2.07. The summed E-state index contributed by atoms with van der Waals surface area (Å²) in [5, 5.41) is 0.590. The van der Waals surface area contributed by atoms with Gasteiger partial charge < -0.3 is 0 Å².